The Bertz CT molecular complexity index is 120. The van der Waals surface area contributed by atoms with Gasteiger partial charge in [0.05, 0.1) is 6.10 Å². The Kier molecular flexibility index (Phi) is 2.11. The van der Waals surface area contributed by atoms with Crippen LogP contribution in [-0.2, 0) is 0 Å². The van der Waals surface area contributed by atoms with E-state index in [1.165, 1.54) is 0 Å². The van der Waals surface area contributed by atoms with Crippen LogP contribution in [0.5, 0.6) is 0 Å². The standard InChI is InChI=1S/C6H10ClNO/c1-5(7)2-8-3-6(9)4-8/h6,9H,1-4H2. The molecule has 1 saturated heterocycles. The molecule has 0 aromatic carbocycles. The first-order chi connectivity index (χ1) is 4.18. The van der Waals surface area contributed by atoms with E-state index in [-0.39, 0.29) is 6.10 Å². The van der Waals surface area contributed by atoms with Gasteiger partial charge in [-0.3, -0.25) is 4.90 Å². The number of nitrogens with zero attached hydrogens (tertiary/aromatic N) is 1. The molecule has 0 atom stereocenters. The fourth-order valence-corrected chi connectivity index (χ4v) is 1.08. The molecule has 1 heterocycles. The minimum absolute atomic E-state index is 0.138. The highest BCUT2D eigenvalue weighted by Gasteiger charge is 2.23. The summed E-state index contributed by atoms with van der Waals surface area (Å²) >= 11 is 5.52. The van der Waals surface area contributed by atoms with Crippen molar-refractivity contribution in [3.8, 4) is 0 Å². The summed E-state index contributed by atoms with van der Waals surface area (Å²) in [6.07, 6.45) is -0.138. The van der Waals surface area contributed by atoms with Crippen LogP contribution in [-0.4, -0.2) is 35.7 Å². The third kappa shape index (κ3) is 1.97. The van der Waals surface area contributed by atoms with Gasteiger partial charge in [-0.25, -0.2) is 0 Å². The SMILES string of the molecule is C=C(Cl)CN1CC(O)C1. The van der Waals surface area contributed by atoms with E-state index >= 15 is 0 Å². The number of hydrogen-bond acceptors (Lipinski definition) is 2. The minimum atomic E-state index is -0.138. The molecule has 0 saturated carbocycles. The Morgan fingerprint density at radius 1 is 1.78 bits per heavy atom. The fraction of sp³-hybridized carbons (Fsp3) is 0.667. The summed E-state index contributed by atoms with van der Waals surface area (Å²) < 4.78 is 0. The van der Waals surface area contributed by atoms with E-state index in [0.29, 0.717) is 11.6 Å². The maximum Gasteiger partial charge on any atom is 0.0794 e. The summed E-state index contributed by atoms with van der Waals surface area (Å²) in [4.78, 5) is 2.04. The largest absolute Gasteiger partial charge is 0.390 e. The molecular formula is C6H10ClNO. The molecule has 1 aliphatic heterocycles. The molecule has 0 aromatic rings. The third-order valence-electron chi connectivity index (χ3n) is 1.33. The van der Waals surface area contributed by atoms with E-state index in [4.69, 9.17) is 16.7 Å². The number of rotatable bonds is 2. The van der Waals surface area contributed by atoms with E-state index in [1.54, 1.807) is 0 Å². The van der Waals surface area contributed by atoms with E-state index in [0.717, 1.165) is 13.1 Å². The molecule has 1 fully saturated rings. The van der Waals surface area contributed by atoms with Crippen molar-refractivity contribution < 1.29 is 5.11 Å². The third-order valence-corrected chi connectivity index (χ3v) is 1.45. The number of aliphatic hydroxyl groups excluding tert-OH is 1. The van der Waals surface area contributed by atoms with Crippen molar-refractivity contribution >= 4 is 11.6 Å². The Morgan fingerprint density at radius 3 is 2.67 bits per heavy atom. The number of β-amino-alcohol motifs (C(OH)–C–C–N with tert-alkyl or cyclic N) is 1. The average Bonchev–Trinajstić information content (AvgIpc) is 1.60. The zero-order chi connectivity index (χ0) is 6.85. The maximum absolute atomic E-state index is 8.82. The van der Waals surface area contributed by atoms with Gasteiger partial charge in [-0.05, 0) is 0 Å². The van der Waals surface area contributed by atoms with Gasteiger partial charge in [0.25, 0.3) is 0 Å². The molecule has 3 heteroatoms. The topological polar surface area (TPSA) is 23.5 Å². The molecule has 1 rings (SSSR count). The summed E-state index contributed by atoms with van der Waals surface area (Å²) in [5.74, 6) is 0. The van der Waals surface area contributed by atoms with Crippen LogP contribution in [0.3, 0.4) is 0 Å². The van der Waals surface area contributed by atoms with Crippen molar-refractivity contribution in [2.75, 3.05) is 19.6 Å². The van der Waals surface area contributed by atoms with Gasteiger partial charge in [0, 0.05) is 24.7 Å². The van der Waals surface area contributed by atoms with Crippen LogP contribution in [0.1, 0.15) is 0 Å². The molecule has 52 valence electrons. The van der Waals surface area contributed by atoms with E-state index < -0.39 is 0 Å². The van der Waals surface area contributed by atoms with E-state index in [2.05, 4.69) is 6.58 Å². The minimum Gasteiger partial charge on any atom is -0.390 e. The first-order valence-corrected chi connectivity index (χ1v) is 3.30. The van der Waals surface area contributed by atoms with Crippen LogP contribution in [0.2, 0.25) is 0 Å². The van der Waals surface area contributed by atoms with Crippen molar-refractivity contribution in [1.29, 1.82) is 0 Å². The second-order valence-corrected chi connectivity index (χ2v) is 2.90. The van der Waals surface area contributed by atoms with Gasteiger partial charge in [0.15, 0.2) is 0 Å². The van der Waals surface area contributed by atoms with Gasteiger partial charge in [-0.2, -0.15) is 0 Å². The van der Waals surface area contributed by atoms with E-state index in [9.17, 15) is 0 Å². The van der Waals surface area contributed by atoms with Crippen molar-refractivity contribution in [2.45, 2.75) is 6.10 Å². The van der Waals surface area contributed by atoms with Gasteiger partial charge >= 0.3 is 0 Å². The van der Waals surface area contributed by atoms with Crippen LogP contribution < -0.4 is 0 Å². The van der Waals surface area contributed by atoms with Crippen LogP contribution in [0, 0.1) is 0 Å². The lowest BCUT2D eigenvalue weighted by atomic mass is 10.2. The first-order valence-electron chi connectivity index (χ1n) is 2.92. The van der Waals surface area contributed by atoms with Crippen LogP contribution in [0.25, 0.3) is 0 Å². The van der Waals surface area contributed by atoms with E-state index in [1.807, 2.05) is 4.90 Å². The molecule has 0 bridgehead atoms. The zero-order valence-corrected chi connectivity index (χ0v) is 5.93. The summed E-state index contributed by atoms with van der Waals surface area (Å²) in [7, 11) is 0. The van der Waals surface area contributed by atoms with Gasteiger partial charge in [-0.15, -0.1) is 0 Å². The highest BCUT2D eigenvalue weighted by atomic mass is 35.5. The Hall–Kier alpha value is -0.0500. The Balaban J connectivity index is 2.11. The number of likely N-dealkylation sites (tertiary alicyclic amines) is 1. The molecule has 0 amide bonds. The highest BCUT2D eigenvalue weighted by molar-refractivity contribution is 6.29. The number of hydrogen-bond donors (Lipinski definition) is 1. The van der Waals surface area contributed by atoms with Crippen molar-refractivity contribution in [3.63, 3.8) is 0 Å². The van der Waals surface area contributed by atoms with Gasteiger partial charge in [0.1, 0.15) is 0 Å². The summed E-state index contributed by atoms with van der Waals surface area (Å²) in [5.41, 5.74) is 0. The quantitative estimate of drug-likeness (QED) is 0.612. The first kappa shape index (κ1) is 7.06. The molecule has 1 aliphatic rings. The smallest absolute Gasteiger partial charge is 0.0794 e. The molecule has 0 unspecified atom stereocenters. The van der Waals surface area contributed by atoms with Gasteiger partial charge < -0.3 is 5.11 Å². The predicted octanol–water partition coefficient (Wildman–Crippen LogP) is 0.415. The molecule has 0 aliphatic carbocycles. The predicted molar refractivity (Wildman–Crippen MR) is 37.4 cm³/mol. The van der Waals surface area contributed by atoms with Crippen molar-refractivity contribution in [3.05, 3.63) is 11.6 Å². The second kappa shape index (κ2) is 2.69. The van der Waals surface area contributed by atoms with Gasteiger partial charge in [0.2, 0.25) is 0 Å². The number of halogens is 1. The average molecular weight is 148 g/mol. The second-order valence-electron chi connectivity index (χ2n) is 2.37. The van der Waals surface area contributed by atoms with Crippen LogP contribution in [0.4, 0.5) is 0 Å². The summed E-state index contributed by atoms with van der Waals surface area (Å²) in [6, 6.07) is 0. The monoisotopic (exact) mass is 147 g/mol. The zero-order valence-electron chi connectivity index (χ0n) is 5.18. The molecule has 1 N–H and O–H groups in total. The van der Waals surface area contributed by atoms with Crippen LogP contribution >= 0.6 is 11.6 Å². The Labute approximate surface area is 59.7 Å². The fourth-order valence-electron chi connectivity index (χ4n) is 0.914. The Morgan fingerprint density at radius 2 is 2.33 bits per heavy atom. The lowest BCUT2D eigenvalue weighted by Crippen LogP contribution is -2.50. The number of aliphatic hydroxyl groups is 1. The molecule has 0 radical (unpaired) electrons. The molecule has 0 spiro atoms. The highest BCUT2D eigenvalue weighted by Crippen LogP contribution is 2.10. The van der Waals surface area contributed by atoms with Gasteiger partial charge in [-0.1, -0.05) is 18.2 Å². The molecule has 9 heavy (non-hydrogen) atoms. The van der Waals surface area contributed by atoms with Crippen molar-refractivity contribution in [2.24, 2.45) is 0 Å². The normalized spacial score (nSPS) is 21.6. The summed E-state index contributed by atoms with van der Waals surface area (Å²) in [6.45, 7) is 5.73. The molecule has 2 nitrogen and oxygen atoms in total. The molecule has 0 aromatic heterocycles. The summed E-state index contributed by atoms with van der Waals surface area (Å²) in [5, 5.41) is 9.46. The molecular weight excluding hydrogens is 138 g/mol. The van der Waals surface area contributed by atoms with Crippen molar-refractivity contribution in [1.82, 2.24) is 4.90 Å². The lowest BCUT2D eigenvalue weighted by Gasteiger charge is -2.35. The lowest BCUT2D eigenvalue weighted by molar-refractivity contribution is 0.00927. The van der Waals surface area contributed by atoms with Crippen LogP contribution in [0.15, 0.2) is 11.6 Å². The maximum atomic E-state index is 8.82.